The first-order chi connectivity index (χ1) is 13.6. The van der Waals surface area contributed by atoms with Crippen molar-refractivity contribution in [1.82, 2.24) is 15.2 Å². The molecule has 1 saturated carbocycles. The number of halogens is 2. The fraction of sp³-hybridized carbons (Fsp3) is 0.333. The summed E-state index contributed by atoms with van der Waals surface area (Å²) in [5, 5.41) is 13.1. The number of benzene rings is 2. The summed E-state index contributed by atoms with van der Waals surface area (Å²) in [6, 6.07) is 14.6. The summed E-state index contributed by atoms with van der Waals surface area (Å²) < 4.78 is 13.7. The van der Waals surface area contributed by atoms with Gasteiger partial charge in [-0.15, -0.1) is 0 Å². The molecule has 2 heterocycles. The highest BCUT2D eigenvalue weighted by molar-refractivity contribution is 6.42. The molecular weight excluding hydrogens is 379 g/mol. The average molecular weight is 402 g/mol. The Balaban J connectivity index is 1.46. The summed E-state index contributed by atoms with van der Waals surface area (Å²) in [6.45, 7) is 2.35. The van der Waals surface area contributed by atoms with Gasteiger partial charge in [0.2, 0.25) is 5.16 Å². The molecule has 0 bridgehead atoms. The number of aliphatic hydroxyl groups excluding tert-OH is 1. The monoisotopic (exact) mass is 401 g/mol. The van der Waals surface area contributed by atoms with E-state index < -0.39 is 6.23 Å². The summed E-state index contributed by atoms with van der Waals surface area (Å²) >= 11 is 6.28. The van der Waals surface area contributed by atoms with Crippen molar-refractivity contribution in [3.63, 3.8) is 0 Å². The van der Waals surface area contributed by atoms with Crippen molar-refractivity contribution in [2.24, 2.45) is 0 Å². The Labute approximate surface area is 167 Å². The zero-order chi connectivity index (χ0) is 19.3. The molecule has 3 aliphatic rings. The van der Waals surface area contributed by atoms with Crippen LogP contribution in [0.4, 0.5) is 4.39 Å². The van der Waals surface area contributed by atoms with Crippen molar-refractivity contribution in [3.05, 3.63) is 70.3 Å². The van der Waals surface area contributed by atoms with Gasteiger partial charge in [0.05, 0.1) is 5.22 Å². The summed E-state index contributed by atoms with van der Waals surface area (Å²) in [7, 11) is 0. The lowest BCUT2D eigenvalue weighted by atomic mass is 10.1. The zero-order valence-electron chi connectivity index (χ0n) is 15.4. The Kier molecular flexibility index (Phi) is 4.32. The molecule has 0 aromatic heterocycles. The quantitative estimate of drug-likeness (QED) is 0.505. The third-order valence-electron chi connectivity index (χ3n) is 6.07. The number of aliphatic hydroxyl groups is 1. The van der Waals surface area contributed by atoms with Gasteiger partial charge in [0.25, 0.3) is 0 Å². The van der Waals surface area contributed by atoms with E-state index in [9.17, 15) is 9.50 Å². The Hall–Kier alpha value is -2.12. The predicted octanol–water partition coefficient (Wildman–Crippen LogP) is 0.119. The molecule has 5 rings (SSSR count). The van der Waals surface area contributed by atoms with Crippen LogP contribution < -0.4 is 21.3 Å². The Bertz CT molecular complexity index is 1020. The van der Waals surface area contributed by atoms with Gasteiger partial charge in [-0.1, -0.05) is 30.3 Å². The SMILES string of the molecule is OC(c1ccccc1)N1CCN(C2=c3ccc(F)cc3=C(Cl)[NH2+]N2)CC12CC2. The lowest BCUT2D eigenvalue weighted by molar-refractivity contribution is -0.611. The van der Waals surface area contributed by atoms with E-state index in [2.05, 4.69) is 15.2 Å². The van der Waals surface area contributed by atoms with Crippen LogP contribution in [0.1, 0.15) is 24.6 Å². The first-order valence-corrected chi connectivity index (χ1v) is 9.99. The van der Waals surface area contributed by atoms with E-state index in [0.29, 0.717) is 10.4 Å². The van der Waals surface area contributed by atoms with Gasteiger partial charge in [0, 0.05) is 30.4 Å². The van der Waals surface area contributed by atoms with Crippen molar-refractivity contribution in [3.8, 4) is 0 Å². The standard InChI is InChI=1S/C21H22ClFN4O/c22-18-17-12-15(23)6-7-16(17)19(25-24-18)26-10-11-27(21(13-26)8-9-21)20(28)14-4-2-1-3-5-14/h1-7,12,20,24-25,28H,8-11,13H2/p+1. The molecule has 7 heteroatoms. The maximum atomic E-state index is 13.7. The van der Waals surface area contributed by atoms with Crippen LogP contribution in [-0.4, -0.2) is 40.1 Å². The number of hydrogen-bond acceptors (Lipinski definition) is 4. The van der Waals surface area contributed by atoms with Gasteiger partial charge < -0.3 is 10.0 Å². The highest BCUT2D eigenvalue weighted by Crippen LogP contribution is 2.47. The van der Waals surface area contributed by atoms with E-state index in [4.69, 9.17) is 11.6 Å². The van der Waals surface area contributed by atoms with Crippen LogP contribution in [0.2, 0.25) is 0 Å². The predicted molar refractivity (Wildman–Crippen MR) is 105 cm³/mol. The minimum absolute atomic E-state index is 0.0205. The van der Waals surface area contributed by atoms with Gasteiger partial charge in [-0.3, -0.25) is 4.90 Å². The average Bonchev–Trinajstić information content (AvgIpc) is 3.48. The molecule has 1 atom stereocenters. The normalized spacial score (nSPS) is 22.0. The second-order valence-electron chi connectivity index (χ2n) is 7.80. The Morgan fingerprint density at radius 1 is 1.11 bits per heavy atom. The number of nitrogens with one attached hydrogen (secondary N) is 1. The first kappa shape index (κ1) is 17.9. The molecule has 1 aliphatic carbocycles. The number of hydrogen-bond donors (Lipinski definition) is 3. The smallest absolute Gasteiger partial charge is 0.230 e. The van der Waals surface area contributed by atoms with Crippen LogP contribution >= 0.6 is 11.6 Å². The molecule has 1 saturated heterocycles. The van der Waals surface area contributed by atoms with Gasteiger partial charge in [-0.2, -0.15) is 0 Å². The summed E-state index contributed by atoms with van der Waals surface area (Å²) in [6.07, 6.45) is 1.53. The van der Waals surface area contributed by atoms with Crippen molar-refractivity contribution < 1.29 is 14.9 Å². The molecule has 0 amide bonds. The molecule has 1 unspecified atom stereocenters. The Morgan fingerprint density at radius 3 is 2.64 bits per heavy atom. The lowest BCUT2D eigenvalue weighted by Crippen LogP contribution is -2.93. The number of piperazine rings is 1. The van der Waals surface area contributed by atoms with E-state index in [-0.39, 0.29) is 11.4 Å². The van der Waals surface area contributed by atoms with Crippen molar-refractivity contribution in [1.29, 1.82) is 0 Å². The van der Waals surface area contributed by atoms with E-state index in [1.54, 1.807) is 11.5 Å². The maximum Gasteiger partial charge on any atom is 0.230 e. The maximum absolute atomic E-state index is 13.7. The zero-order valence-corrected chi connectivity index (χ0v) is 16.2. The number of quaternary nitrogens is 1. The molecule has 2 fully saturated rings. The van der Waals surface area contributed by atoms with E-state index in [1.807, 2.05) is 30.3 Å². The topological polar surface area (TPSA) is 55.4 Å². The van der Waals surface area contributed by atoms with Gasteiger partial charge in [-0.25, -0.2) is 15.2 Å². The van der Waals surface area contributed by atoms with Crippen molar-refractivity contribution >= 4 is 22.6 Å². The molecule has 1 spiro atoms. The first-order valence-electron chi connectivity index (χ1n) is 9.62. The van der Waals surface area contributed by atoms with Gasteiger partial charge in [0.15, 0.2) is 5.82 Å². The molecule has 146 valence electrons. The summed E-state index contributed by atoms with van der Waals surface area (Å²) in [5.74, 6) is 0.667. The molecular formula is C21H23ClFN4O+. The minimum atomic E-state index is -0.592. The van der Waals surface area contributed by atoms with Crippen LogP contribution in [0, 0.1) is 5.82 Å². The third-order valence-corrected chi connectivity index (χ3v) is 6.38. The van der Waals surface area contributed by atoms with Crippen LogP contribution in [-0.2, 0) is 0 Å². The highest BCUT2D eigenvalue weighted by Gasteiger charge is 2.53. The highest BCUT2D eigenvalue weighted by atomic mass is 35.5. The minimum Gasteiger partial charge on any atom is -0.374 e. The fourth-order valence-corrected chi connectivity index (χ4v) is 4.64. The number of nitrogens with zero attached hydrogens (tertiary/aromatic N) is 2. The molecule has 0 radical (unpaired) electrons. The van der Waals surface area contributed by atoms with Crippen LogP contribution in [0.5, 0.6) is 0 Å². The van der Waals surface area contributed by atoms with Crippen LogP contribution in [0.25, 0.3) is 11.0 Å². The number of fused-ring (bicyclic) bond motifs is 1. The molecule has 28 heavy (non-hydrogen) atoms. The molecule has 2 aliphatic heterocycles. The van der Waals surface area contributed by atoms with Crippen molar-refractivity contribution in [2.45, 2.75) is 24.6 Å². The molecule has 5 nitrogen and oxygen atoms in total. The fourth-order valence-electron chi connectivity index (χ4n) is 4.43. The van der Waals surface area contributed by atoms with E-state index in [1.165, 1.54) is 12.1 Å². The number of rotatable bonds is 3. The summed E-state index contributed by atoms with van der Waals surface area (Å²) in [5.41, 5.74) is 5.94. The largest absolute Gasteiger partial charge is 0.374 e. The third kappa shape index (κ3) is 2.97. The second-order valence-corrected chi connectivity index (χ2v) is 8.21. The van der Waals surface area contributed by atoms with Crippen LogP contribution in [0.15, 0.2) is 48.5 Å². The molecule has 2 aromatic rings. The second kappa shape index (κ2) is 6.74. The lowest BCUT2D eigenvalue weighted by Gasteiger charge is -2.45. The Morgan fingerprint density at radius 2 is 1.89 bits per heavy atom. The van der Waals surface area contributed by atoms with Gasteiger partial charge >= 0.3 is 0 Å². The number of nitrogens with two attached hydrogens (primary N) is 1. The van der Waals surface area contributed by atoms with Gasteiger partial charge in [0.1, 0.15) is 12.0 Å². The van der Waals surface area contributed by atoms with E-state index >= 15 is 0 Å². The van der Waals surface area contributed by atoms with Gasteiger partial charge in [-0.05, 0) is 48.2 Å². The summed E-state index contributed by atoms with van der Waals surface area (Å²) in [4.78, 5) is 4.54. The van der Waals surface area contributed by atoms with Crippen molar-refractivity contribution in [2.75, 3.05) is 19.6 Å². The molecule has 4 N–H and O–H groups in total. The van der Waals surface area contributed by atoms with E-state index in [0.717, 1.165) is 49.1 Å². The van der Waals surface area contributed by atoms with Crippen LogP contribution in [0.3, 0.4) is 0 Å². The molecule has 2 aromatic carbocycles.